The number of nitrogens with one attached hydrogen (secondary N) is 2. The van der Waals surface area contributed by atoms with E-state index in [0.717, 1.165) is 22.4 Å². The summed E-state index contributed by atoms with van der Waals surface area (Å²) in [5.41, 5.74) is 4.66. The van der Waals surface area contributed by atoms with Gasteiger partial charge >= 0.3 is 0 Å². The Hall–Kier alpha value is -1.29. The smallest absolute Gasteiger partial charge is 0.0539 e. The highest BCUT2D eigenvalue weighted by Crippen LogP contribution is 2.20. The number of hydrogen-bond acceptors (Lipinski definition) is 2. The van der Waals surface area contributed by atoms with E-state index in [2.05, 4.69) is 56.6 Å². The lowest BCUT2D eigenvalue weighted by atomic mass is 10.2. The van der Waals surface area contributed by atoms with E-state index in [0.29, 0.717) is 0 Å². The summed E-state index contributed by atoms with van der Waals surface area (Å²) in [4.78, 5) is 0. The van der Waals surface area contributed by atoms with Gasteiger partial charge in [0.1, 0.15) is 0 Å². The number of nitrogens with zero attached hydrogens (tertiary/aromatic N) is 1. The van der Waals surface area contributed by atoms with E-state index in [4.69, 9.17) is 0 Å². The number of aromatic amines is 1. The van der Waals surface area contributed by atoms with E-state index in [1.54, 1.807) is 0 Å². The summed E-state index contributed by atoms with van der Waals surface area (Å²) in [6, 6.07) is 6.24. The van der Waals surface area contributed by atoms with Gasteiger partial charge in [0.05, 0.1) is 6.20 Å². The van der Waals surface area contributed by atoms with Crippen molar-refractivity contribution < 1.29 is 0 Å². The minimum absolute atomic E-state index is 0.795. The van der Waals surface area contributed by atoms with Crippen LogP contribution in [0.25, 0.3) is 0 Å². The van der Waals surface area contributed by atoms with Gasteiger partial charge < -0.3 is 5.32 Å². The van der Waals surface area contributed by atoms with Crippen molar-refractivity contribution in [3.63, 3.8) is 0 Å². The van der Waals surface area contributed by atoms with Crippen LogP contribution in [0.3, 0.4) is 0 Å². The van der Waals surface area contributed by atoms with Gasteiger partial charge in [-0.2, -0.15) is 5.10 Å². The number of aromatic nitrogens is 2. The first-order valence-corrected chi connectivity index (χ1v) is 5.95. The highest BCUT2D eigenvalue weighted by Gasteiger charge is 2.01. The first-order valence-electron chi connectivity index (χ1n) is 5.15. The highest BCUT2D eigenvalue weighted by molar-refractivity contribution is 9.10. The largest absolute Gasteiger partial charge is 0.381 e. The zero-order chi connectivity index (χ0) is 11.5. The summed E-state index contributed by atoms with van der Waals surface area (Å²) in [6.45, 7) is 4.90. The summed E-state index contributed by atoms with van der Waals surface area (Å²) in [5, 5.41) is 10.3. The zero-order valence-electron chi connectivity index (χ0n) is 9.34. The van der Waals surface area contributed by atoms with Crippen LogP contribution in [0.1, 0.15) is 16.8 Å². The molecule has 0 aliphatic rings. The fourth-order valence-corrected chi connectivity index (χ4v) is 1.75. The van der Waals surface area contributed by atoms with Gasteiger partial charge in [0.25, 0.3) is 0 Å². The maximum absolute atomic E-state index is 3.99. The number of aryl methyl sites for hydroxylation is 2. The molecule has 0 saturated carbocycles. The van der Waals surface area contributed by atoms with Crippen molar-refractivity contribution in [3.8, 4) is 0 Å². The minimum Gasteiger partial charge on any atom is -0.381 e. The molecule has 84 valence electrons. The van der Waals surface area contributed by atoms with E-state index < -0.39 is 0 Å². The quantitative estimate of drug-likeness (QED) is 0.904. The molecule has 0 radical (unpaired) electrons. The molecular formula is C12H14BrN3. The number of benzene rings is 1. The number of H-pyrrole nitrogens is 1. The molecule has 0 aliphatic heterocycles. The molecule has 1 aromatic carbocycles. The van der Waals surface area contributed by atoms with Gasteiger partial charge in [-0.05, 0) is 37.6 Å². The molecular weight excluding hydrogens is 266 g/mol. The fourth-order valence-electron chi connectivity index (χ4n) is 1.51. The third kappa shape index (κ3) is 2.44. The lowest BCUT2D eigenvalue weighted by molar-refractivity contribution is 1.04. The molecule has 0 amide bonds. The Morgan fingerprint density at radius 2 is 2.19 bits per heavy atom. The highest BCUT2D eigenvalue weighted by atomic mass is 79.9. The standard InChI is InChI=1S/C12H14BrN3/c1-8-5-11(3-4-12(8)13)14-6-10-7-15-16-9(10)2/h3-5,7,14H,6H2,1-2H3,(H,15,16). The Morgan fingerprint density at radius 1 is 1.38 bits per heavy atom. The summed E-state index contributed by atoms with van der Waals surface area (Å²) >= 11 is 3.49. The molecule has 0 atom stereocenters. The topological polar surface area (TPSA) is 40.7 Å². The molecule has 0 unspecified atom stereocenters. The molecule has 0 bridgehead atoms. The molecule has 0 spiro atoms. The lowest BCUT2D eigenvalue weighted by Gasteiger charge is -2.07. The first-order chi connectivity index (χ1) is 7.66. The summed E-state index contributed by atoms with van der Waals surface area (Å²) in [6.07, 6.45) is 1.86. The number of halogens is 1. The Bertz CT molecular complexity index is 491. The van der Waals surface area contributed by atoms with Gasteiger partial charge in [-0.15, -0.1) is 0 Å². The average Bonchev–Trinajstić information content (AvgIpc) is 2.66. The van der Waals surface area contributed by atoms with Crippen molar-refractivity contribution in [1.82, 2.24) is 10.2 Å². The van der Waals surface area contributed by atoms with E-state index in [1.165, 1.54) is 11.1 Å². The molecule has 0 aliphatic carbocycles. The van der Waals surface area contributed by atoms with Crippen LogP contribution in [0.5, 0.6) is 0 Å². The third-order valence-corrected chi connectivity index (χ3v) is 3.46. The van der Waals surface area contributed by atoms with Crippen molar-refractivity contribution >= 4 is 21.6 Å². The zero-order valence-corrected chi connectivity index (χ0v) is 10.9. The van der Waals surface area contributed by atoms with Gasteiger partial charge in [-0.3, -0.25) is 5.10 Å². The van der Waals surface area contributed by atoms with Crippen LogP contribution in [0, 0.1) is 13.8 Å². The molecule has 2 N–H and O–H groups in total. The van der Waals surface area contributed by atoms with Crippen molar-refractivity contribution in [2.24, 2.45) is 0 Å². The van der Waals surface area contributed by atoms with Crippen LogP contribution >= 0.6 is 15.9 Å². The maximum Gasteiger partial charge on any atom is 0.0539 e. The van der Waals surface area contributed by atoms with Crippen LogP contribution in [0.4, 0.5) is 5.69 Å². The van der Waals surface area contributed by atoms with Crippen molar-refractivity contribution in [2.75, 3.05) is 5.32 Å². The predicted molar refractivity (Wildman–Crippen MR) is 69.5 cm³/mol. The Labute approximate surface area is 103 Å². The second-order valence-electron chi connectivity index (χ2n) is 3.84. The molecule has 3 nitrogen and oxygen atoms in total. The fraction of sp³-hybridized carbons (Fsp3) is 0.250. The van der Waals surface area contributed by atoms with Crippen molar-refractivity contribution in [2.45, 2.75) is 20.4 Å². The SMILES string of the molecule is Cc1cc(NCc2cn[nH]c2C)ccc1Br. The van der Waals surface area contributed by atoms with E-state index in [1.807, 2.05) is 13.1 Å². The Balaban J connectivity index is 2.05. The summed E-state index contributed by atoms with van der Waals surface area (Å²) in [5.74, 6) is 0. The third-order valence-electron chi connectivity index (χ3n) is 2.58. The van der Waals surface area contributed by atoms with Crippen LogP contribution in [0.2, 0.25) is 0 Å². The van der Waals surface area contributed by atoms with Crippen LogP contribution in [0.15, 0.2) is 28.9 Å². The van der Waals surface area contributed by atoms with Crippen LogP contribution < -0.4 is 5.32 Å². The number of anilines is 1. The Kier molecular flexibility index (Phi) is 3.29. The molecule has 16 heavy (non-hydrogen) atoms. The predicted octanol–water partition coefficient (Wildman–Crippen LogP) is 3.40. The average molecular weight is 280 g/mol. The second-order valence-corrected chi connectivity index (χ2v) is 4.69. The lowest BCUT2D eigenvalue weighted by Crippen LogP contribution is -2.00. The van der Waals surface area contributed by atoms with Crippen molar-refractivity contribution in [1.29, 1.82) is 0 Å². The van der Waals surface area contributed by atoms with Crippen LogP contribution in [-0.4, -0.2) is 10.2 Å². The van der Waals surface area contributed by atoms with Crippen LogP contribution in [-0.2, 0) is 6.54 Å². The van der Waals surface area contributed by atoms with E-state index >= 15 is 0 Å². The van der Waals surface area contributed by atoms with Gasteiger partial charge in [0.2, 0.25) is 0 Å². The second kappa shape index (κ2) is 4.70. The molecule has 0 fully saturated rings. The molecule has 2 rings (SSSR count). The monoisotopic (exact) mass is 279 g/mol. The summed E-state index contributed by atoms with van der Waals surface area (Å²) < 4.78 is 1.14. The van der Waals surface area contributed by atoms with E-state index in [9.17, 15) is 0 Å². The summed E-state index contributed by atoms with van der Waals surface area (Å²) in [7, 11) is 0. The maximum atomic E-state index is 3.99. The molecule has 4 heteroatoms. The van der Waals surface area contributed by atoms with Gasteiger partial charge in [0, 0.05) is 28.0 Å². The molecule has 0 saturated heterocycles. The normalized spacial score (nSPS) is 10.4. The molecule has 2 aromatic rings. The van der Waals surface area contributed by atoms with E-state index in [-0.39, 0.29) is 0 Å². The van der Waals surface area contributed by atoms with Gasteiger partial charge in [0.15, 0.2) is 0 Å². The van der Waals surface area contributed by atoms with Gasteiger partial charge in [-0.1, -0.05) is 15.9 Å². The number of rotatable bonds is 3. The minimum atomic E-state index is 0.795. The first kappa shape index (κ1) is 11.2. The number of hydrogen-bond donors (Lipinski definition) is 2. The molecule has 1 aromatic heterocycles. The Morgan fingerprint density at radius 3 is 2.81 bits per heavy atom. The van der Waals surface area contributed by atoms with Crippen molar-refractivity contribution in [3.05, 3.63) is 45.7 Å². The molecule has 1 heterocycles. The van der Waals surface area contributed by atoms with Gasteiger partial charge in [-0.25, -0.2) is 0 Å².